The van der Waals surface area contributed by atoms with E-state index in [-0.39, 0.29) is 18.6 Å². The Morgan fingerprint density at radius 3 is 2.85 bits per heavy atom. The lowest BCUT2D eigenvalue weighted by atomic mass is 9.89. The number of likely N-dealkylation sites (tertiary alicyclic amines) is 1. The van der Waals surface area contributed by atoms with Gasteiger partial charge >= 0.3 is 0 Å². The number of aliphatic hydroxyl groups is 1. The molecular weight excluding hydrogens is 258 g/mol. The number of rotatable bonds is 5. The molecule has 3 rings (SSSR count). The normalized spacial score (nSPS) is 22.4. The van der Waals surface area contributed by atoms with Crippen molar-refractivity contribution in [3.8, 4) is 0 Å². The van der Waals surface area contributed by atoms with Crippen LogP contribution in [0.5, 0.6) is 0 Å². The number of ether oxygens (including phenoxy) is 1. The Morgan fingerprint density at radius 2 is 2.30 bits per heavy atom. The van der Waals surface area contributed by atoms with Crippen molar-refractivity contribution in [1.29, 1.82) is 0 Å². The number of imidazole rings is 1. The number of aromatic nitrogens is 2. The Kier molecular flexibility index (Phi) is 3.30. The van der Waals surface area contributed by atoms with E-state index in [0.717, 1.165) is 18.7 Å². The lowest BCUT2D eigenvalue weighted by Crippen LogP contribution is -2.65. The standard InChI is InChI=1S/C14H21N3O3/c1-10(13-15-5-6-16(13)2)20-7-12(18)17-8-14(19,9-17)11-3-4-11/h5-6,10-11,19H,3-4,7-9H2,1-2H3. The van der Waals surface area contributed by atoms with E-state index in [4.69, 9.17) is 4.74 Å². The number of β-amino-alcohol motifs (C(OH)–C–C–N with tert-alkyl or cyclic N) is 1. The van der Waals surface area contributed by atoms with E-state index in [1.165, 1.54) is 0 Å². The molecule has 1 aromatic heterocycles. The summed E-state index contributed by atoms with van der Waals surface area (Å²) in [6.45, 7) is 2.83. The molecule has 0 radical (unpaired) electrons. The third-order valence-electron chi connectivity index (χ3n) is 4.30. The van der Waals surface area contributed by atoms with Gasteiger partial charge in [0.15, 0.2) is 0 Å². The molecule has 1 aliphatic carbocycles. The molecule has 1 unspecified atom stereocenters. The van der Waals surface area contributed by atoms with Crippen molar-refractivity contribution in [1.82, 2.24) is 14.5 Å². The van der Waals surface area contributed by atoms with Crippen LogP contribution >= 0.6 is 0 Å². The molecule has 20 heavy (non-hydrogen) atoms. The average molecular weight is 279 g/mol. The van der Waals surface area contributed by atoms with Gasteiger partial charge in [0, 0.05) is 19.4 Å². The van der Waals surface area contributed by atoms with Crippen LogP contribution in [0.4, 0.5) is 0 Å². The summed E-state index contributed by atoms with van der Waals surface area (Å²) in [4.78, 5) is 17.8. The summed E-state index contributed by atoms with van der Waals surface area (Å²) in [5, 5.41) is 10.2. The van der Waals surface area contributed by atoms with Gasteiger partial charge in [0.2, 0.25) is 5.91 Å². The molecule has 1 saturated carbocycles. The topological polar surface area (TPSA) is 67.6 Å². The second kappa shape index (κ2) is 4.86. The van der Waals surface area contributed by atoms with Crippen LogP contribution in [0.1, 0.15) is 31.7 Å². The Labute approximate surface area is 118 Å². The van der Waals surface area contributed by atoms with Gasteiger partial charge in [0.1, 0.15) is 24.1 Å². The van der Waals surface area contributed by atoms with Crippen LogP contribution in [-0.4, -0.2) is 50.8 Å². The highest BCUT2D eigenvalue weighted by Gasteiger charge is 2.53. The SMILES string of the molecule is CC(OCC(=O)N1CC(O)(C2CC2)C1)c1nccn1C. The summed E-state index contributed by atoms with van der Waals surface area (Å²) in [6.07, 6.45) is 5.52. The van der Waals surface area contributed by atoms with Crippen LogP contribution in [0.3, 0.4) is 0 Å². The molecule has 1 aliphatic heterocycles. The Morgan fingerprint density at radius 1 is 1.60 bits per heavy atom. The summed E-state index contributed by atoms with van der Waals surface area (Å²) in [6, 6.07) is 0. The van der Waals surface area contributed by atoms with Gasteiger partial charge in [-0.25, -0.2) is 4.98 Å². The summed E-state index contributed by atoms with van der Waals surface area (Å²) in [5.41, 5.74) is -0.624. The van der Waals surface area contributed by atoms with Crippen molar-refractivity contribution in [2.24, 2.45) is 13.0 Å². The zero-order valence-electron chi connectivity index (χ0n) is 12.0. The smallest absolute Gasteiger partial charge is 0.248 e. The van der Waals surface area contributed by atoms with Gasteiger partial charge in [0.05, 0.1) is 13.1 Å². The van der Waals surface area contributed by atoms with E-state index in [0.29, 0.717) is 19.0 Å². The van der Waals surface area contributed by atoms with Crippen LogP contribution < -0.4 is 0 Å². The minimum absolute atomic E-state index is 0.0365. The van der Waals surface area contributed by atoms with Crippen molar-refractivity contribution < 1.29 is 14.6 Å². The quantitative estimate of drug-likeness (QED) is 0.851. The van der Waals surface area contributed by atoms with Crippen molar-refractivity contribution in [3.63, 3.8) is 0 Å². The van der Waals surface area contributed by atoms with E-state index in [1.807, 2.05) is 24.7 Å². The number of hydrogen-bond donors (Lipinski definition) is 1. The molecule has 6 heteroatoms. The maximum Gasteiger partial charge on any atom is 0.248 e. The Hall–Kier alpha value is -1.40. The maximum absolute atomic E-state index is 12.0. The van der Waals surface area contributed by atoms with Gasteiger partial charge in [-0.15, -0.1) is 0 Å². The third-order valence-corrected chi connectivity index (χ3v) is 4.30. The van der Waals surface area contributed by atoms with E-state index >= 15 is 0 Å². The highest BCUT2D eigenvalue weighted by Crippen LogP contribution is 2.44. The molecule has 1 N–H and O–H groups in total. The second-order valence-corrected chi connectivity index (χ2v) is 5.98. The van der Waals surface area contributed by atoms with Crippen LogP contribution in [0, 0.1) is 5.92 Å². The first-order valence-corrected chi connectivity index (χ1v) is 7.08. The number of aryl methyl sites for hydroxylation is 1. The van der Waals surface area contributed by atoms with E-state index in [2.05, 4.69) is 4.98 Å². The number of nitrogens with zero attached hydrogens (tertiary/aromatic N) is 3. The van der Waals surface area contributed by atoms with Crippen molar-refractivity contribution in [3.05, 3.63) is 18.2 Å². The van der Waals surface area contributed by atoms with Crippen LogP contribution in [0.25, 0.3) is 0 Å². The molecular formula is C14H21N3O3. The molecule has 2 aliphatic rings. The van der Waals surface area contributed by atoms with Gasteiger partial charge in [-0.2, -0.15) is 0 Å². The van der Waals surface area contributed by atoms with Gasteiger partial charge in [-0.05, 0) is 25.7 Å². The summed E-state index contributed by atoms with van der Waals surface area (Å²) in [7, 11) is 1.90. The number of amides is 1. The Balaban J connectivity index is 1.45. The van der Waals surface area contributed by atoms with Crippen LogP contribution in [0.15, 0.2) is 12.4 Å². The highest BCUT2D eigenvalue weighted by atomic mass is 16.5. The largest absolute Gasteiger partial charge is 0.386 e. The highest BCUT2D eigenvalue weighted by molar-refractivity contribution is 5.78. The fourth-order valence-electron chi connectivity index (χ4n) is 2.80. The molecule has 1 atom stereocenters. The summed E-state index contributed by atoms with van der Waals surface area (Å²) in [5.74, 6) is 1.14. The van der Waals surface area contributed by atoms with Crippen LogP contribution in [-0.2, 0) is 16.6 Å². The number of carbonyl (C=O) groups excluding carboxylic acids is 1. The van der Waals surface area contributed by atoms with Crippen LogP contribution in [0.2, 0.25) is 0 Å². The lowest BCUT2D eigenvalue weighted by Gasteiger charge is -2.47. The molecule has 2 fully saturated rings. The van der Waals surface area contributed by atoms with Gasteiger partial charge < -0.3 is 19.3 Å². The minimum atomic E-state index is -0.624. The zero-order chi connectivity index (χ0) is 14.3. The van der Waals surface area contributed by atoms with Gasteiger partial charge in [-0.1, -0.05) is 0 Å². The predicted molar refractivity (Wildman–Crippen MR) is 71.8 cm³/mol. The van der Waals surface area contributed by atoms with Gasteiger partial charge in [0.25, 0.3) is 0 Å². The zero-order valence-corrected chi connectivity index (χ0v) is 12.0. The van der Waals surface area contributed by atoms with Crippen molar-refractivity contribution in [2.45, 2.75) is 31.5 Å². The molecule has 110 valence electrons. The first-order valence-electron chi connectivity index (χ1n) is 7.08. The summed E-state index contributed by atoms with van der Waals surface area (Å²) < 4.78 is 7.45. The van der Waals surface area contributed by atoms with E-state index in [9.17, 15) is 9.90 Å². The van der Waals surface area contributed by atoms with Gasteiger partial charge in [-0.3, -0.25) is 4.79 Å². The second-order valence-electron chi connectivity index (χ2n) is 5.98. The average Bonchev–Trinajstić information content (AvgIpc) is 3.15. The lowest BCUT2D eigenvalue weighted by molar-refractivity contribution is -0.165. The summed E-state index contributed by atoms with van der Waals surface area (Å²) >= 11 is 0. The molecule has 0 aromatic carbocycles. The maximum atomic E-state index is 12.0. The minimum Gasteiger partial charge on any atom is -0.386 e. The molecule has 2 heterocycles. The number of carbonyl (C=O) groups is 1. The third kappa shape index (κ3) is 2.45. The molecule has 6 nitrogen and oxygen atoms in total. The Bertz CT molecular complexity index is 504. The molecule has 1 aromatic rings. The first kappa shape index (κ1) is 13.6. The fourth-order valence-corrected chi connectivity index (χ4v) is 2.80. The molecule has 0 bridgehead atoms. The molecule has 1 saturated heterocycles. The van der Waals surface area contributed by atoms with Crippen molar-refractivity contribution in [2.75, 3.05) is 19.7 Å². The predicted octanol–water partition coefficient (Wildman–Crippen LogP) is 0.481. The van der Waals surface area contributed by atoms with Crippen molar-refractivity contribution >= 4 is 5.91 Å². The van der Waals surface area contributed by atoms with E-state index in [1.54, 1.807) is 11.1 Å². The first-order chi connectivity index (χ1) is 9.49. The molecule has 1 amide bonds. The molecule has 0 spiro atoms. The van der Waals surface area contributed by atoms with E-state index < -0.39 is 5.60 Å². The monoisotopic (exact) mass is 279 g/mol. The number of hydrogen-bond acceptors (Lipinski definition) is 4. The fraction of sp³-hybridized carbons (Fsp3) is 0.714.